The van der Waals surface area contributed by atoms with Crippen LogP contribution in [0, 0.1) is 0 Å². The van der Waals surface area contributed by atoms with Crippen LogP contribution in [0.15, 0.2) is 35.2 Å². The van der Waals surface area contributed by atoms with E-state index in [-0.39, 0.29) is 11.4 Å². The van der Waals surface area contributed by atoms with Gasteiger partial charge in [0.15, 0.2) is 0 Å². The minimum Gasteiger partial charge on any atom is -0.464 e. The number of hydrogen-bond acceptors (Lipinski definition) is 7. The number of esters is 2. The second kappa shape index (κ2) is 7.60. The molecule has 0 spiro atoms. The number of rotatable bonds is 6. The third kappa shape index (κ3) is 3.85. The first-order valence-corrected chi connectivity index (χ1v) is 7.44. The van der Waals surface area contributed by atoms with Crippen LogP contribution in [0.3, 0.4) is 0 Å². The molecule has 0 aliphatic rings. The molecule has 0 atom stereocenters. The Kier molecular flexibility index (Phi) is 5.54. The predicted octanol–water partition coefficient (Wildman–Crippen LogP) is 1.64. The van der Waals surface area contributed by atoms with Gasteiger partial charge in [-0.15, -0.1) is 22.0 Å². The van der Waals surface area contributed by atoms with E-state index >= 15 is 0 Å². The fraction of sp³-hybridized carbons (Fsp3) is 0.286. The van der Waals surface area contributed by atoms with Crippen molar-refractivity contribution in [3.63, 3.8) is 0 Å². The first kappa shape index (κ1) is 16.0. The molecule has 0 aliphatic carbocycles. The Bertz CT molecular complexity index is 624. The molecule has 0 amide bonds. The van der Waals surface area contributed by atoms with Crippen LogP contribution in [0.4, 0.5) is 0 Å². The van der Waals surface area contributed by atoms with E-state index in [0.717, 1.165) is 4.90 Å². The van der Waals surface area contributed by atoms with Gasteiger partial charge >= 0.3 is 11.9 Å². The van der Waals surface area contributed by atoms with Gasteiger partial charge in [-0.2, -0.15) is 4.80 Å². The molecule has 0 N–H and O–H groups in total. The molecule has 0 saturated carbocycles. The highest BCUT2D eigenvalue weighted by atomic mass is 32.2. The maximum absolute atomic E-state index is 11.6. The zero-order valence-electron chi connectivity index (χ0n) is 12.2. The third-order valence-electron chi connectivity index (χ3n) is 2.72. The van der Waals surface area contributed by atoms with E-state index < -0.39 is 11.9 Å². The van der Waals surface area contributed by atoms with Gasteiger partial charge < -0.3 is 9.47 Å². The van der Waals surface area contributed by atoms with Gasteiger partial charge in [-0.3, -0.25) is 0 Å². The number of aromatic nitrogens is 3. The average molecular weight is 321 g/mol. The molecule has 1 aromatic carbocycles. The maximum atomic E-state index is 11.6. The highest BCUT2D eigenvalue weighted by Gasteiger charge is 2.25. The number of ether oxygens (including phenoxy) is 2. The van der Waals surface area contributed by atoms with Crippen molar-refractivity contribution < 1.29 is 19.1 Å². The van der Waals surface area contributed by atoms with Crippen molar-refractivity contribution in [2.75, 3.05) is 20.0 Å². The number of benzene rings is 1. The molecule has 1 aromatic heterocycles. The number of aryl methyl sites for hydroxylation is 1. The Morgan fingerprint density at radius 3 is 2.09 bits per heavy atom. The molecular weight excluding hydrogens is 306 g/mol. The number of thioether (sulfide) groups is 1. The Hall–Kier alpha value is -2.35. The Balaban J connectivity index is 2.06. The normalized spacial score (nSPS) is 10.3. The zero-order chi connectivity index (χ0) is 15.9. The smallest absolute Gasteiger partial charge is 0.361 e. The van der Waals surface area contributed by atoms with Crippen LogP contribution in [0.25, 0.3) is 0 Å². The van der Waals surface area contributed by atoms with Crippen LogP contribution < -0.4 is 0 Å². The highest BCUT2D eigenvalue weighted by Crippen LogP contribution is 2.17. The molecule has 1 heterocycles. The van der Waals surface area contributed by atoms with Crippen molar-refractivity contribution in [3.05, 3.63) is 41.7 Å². The standard InChI is InChI=1S/C14H15N3O4S/c1-20-13(18)11-12(14(19)21-2)16-17(15-11)8-9-22-10-6-4-3-5-7-10/h3-7H,8-9H2,1-2H3. The predicted molar refractivity (Wildman–Crippen MR) is 79.9 cm³/mol. The number of nitrogens with zero attached hydrogens (tertiary/aromatic N) is 3. The number of hydrogen-bond donors (Lipinski definition) is 0. The summed E-state index contributed by atoms with van der Waals surface area (Å²) >= 11 is 1.63. The monoisotopic (exact) mass is 321 g/mol. The second-order valence-corrected chi connectivity index (χ2v) is 5.31. The molecule has 0 saturated heterocycles. The lowest BCUT2D eigenvalue weighted by atomic mass is 10.3. The minimum absolute atomic E-state index is 0.140. The van der Waals surface area contributed by atoms with Crippen molar-refractivity contribution >= 4 is 23.7 Å². The van der Waals surface area contributed by atoms with Crippen molar-refractivity contribution in [2.24, 2.45) is 0 Å². The van der Waals surface area contributed by atoms with Gasteiger partial charge in [-0.25, -0.2) is 9.59 Å². The quantitative estimate of drug-likeness (QED) is 0.591. The molecule has 0 unspecified atom stereocenters. The molecule has 0 fully saturated rings. The summed E-state index contributed by atoms with van der Waals surface area (Å²) in [5, 5.41) is 8.00. The summed E-state index contributed by atoms with van der Waals surface area (Å²) in [7, 11) is 2.43. The van der Waals surface area contributed by atoms with Crippen molar-refractivity contribution in [1.82, 2.24) is 15.0 Å². The summed E-state index contributed by atoms with van der Waals surface area (Å²) in [5.41, 5.74) is -0.280. The van der Waals surface area contributed by atoms with E-state index in [1.54, 1.807) is 11.8 Å². The van der Waals surface area contributed by atoms with Gasteiger partial charge in [0.1, 0.15) is 0 Å². The molecule has 22 heavy (non-hydrogen) atoms. The summed E-state index contributed by atoms with van der Waals surface area (Å²) in [5.74, 6) is -0.746. The number of carbonyl (C=O) groups is 2. The van der Waals surface area contributed by atoms with E-state index in [2.05, 4.69) is 19.7 Å². The maximum Gasteiger partial charge on any atom is 0.361 e. The van der Waals surface area contributed by atoms with Gasteiger partial charge in [0.2, 0.25) is 11.4 Å². The van der Waals surface area contributed by atoms with Crippen LogP contribution in [0.2, 0.25) is 0 Å². The lowest BCUT2D eigenvalue weighted by Crippen LogP contribution is -2.11. The lowest BCUT2D eigenvalue weighted by molar-refractivity contribution is 0.0548. The molecule has 0 radical (unpaired) electrons. The van der Waals surface area contributed by atoms with E-state index in [0.29, 0.717) is 12.3 Å². The molecule has 0 aliphatic heterocycles. The largest absolute Gasteiger partial charge is 0.464 e. The summed E-state index contributed by atoms with van der Waals surface area (Å²) in [4.78, 5) is 25.6. The molecule has 116 valence electrons. The fourth-order valence-corrected chi connectivity index (χ4v) is 2.52. The Morgan fingerprint density at radius 2 is 1.59 bits per heavy atom. The van der Waals surface area contributed by atoms with Gasteiger partial charge in [-0.1, -0.05) is 18.2 Å². The molecular formula is C14H15N3O4S. The summed E-state index contributed by atoms with van der Waals surface area (Å²) in [6.07, 6.45) is 0. The van der Waals surface area contributed by atoms with Crippen molar-refractivity contribution in [1.29, 1.82) is 0 Å². The van der Waals surface area contributed by atoms with Crippen LogP contribution in [0.1, 0.15) is 21.0 Å². The van der Waals surface area contributed by atoms with Crippen LogP contribution >= 0.6 is 11.8 Å². The van der Waals surface area contributed by atoms with E-state index in [4.69, 9.17) is 0 Å². The Morgan fingerprint density at radius 1 is 1.05 bits per heavy atom. The summed E-state index contributed by atoms with van der Waals surface area (Å²) in [6, 6.07) is 9.87. The summed E-state index contributed by atoms with van der Waals surface area (Å²) < 4.78 is 9.18. The fourth-order valence-electron chi connectivity index (χ4n) is 1.68. The first-order chi connectivity index (χ1) is 10.7. The van der Waals surface area contributed by atoms with E-state index in [9.17, 15) is 9.59 Å². The van der Waals surface area contributed by atoms with E-state index in [1.165, 1.54) is 19.0 Å². The molecule has 8 heteroatoms. The molecule has 2 rings (SSSR count). The zero-order valence-corrected chi connectivity index (χ0v) is 13.0. The SMILES string of the molecule is COC(=O)c1nn(CCSc2ccccc2)nc1C(=O)OC. The van der Waals surface area contributed by atoms with Crippen molar-refractivity contribution in [3.8, 4) is 0 Å². The second-order valence-electron chi connectivity index (χ2n) is 4.14. The number of carbonyl (C=O) groups excluding carboxylic acids is 2. The third-order valence-corrected chi connectivity index (χ3v) is 3.71. The minimum atomic E-state index is -0.720. The van der Waals surface area contributed by atoms with Gasteiger partial charge in [0.25, 0.3) is 0 Å². The van der Waals surface area contributed by atoms with Crippen LogP contribution in [-0.2, 0) is 16.0 Å². The number of methoxy groups -OCH3 is 2. The van der Waals surface area contributed by atoms with E-state index in [1.807, 2.05) is 30.3 Å². The molecule has 2 aromatic rings. The summed E-state index contributed by atoms with van der Waals surface area (Å²) in [6.45, 7) is 0.445. The van der Waals surface area contributed by atoms with Gasteiger partial charge in [0.05, 0.1) is 20.8 Å². The average Bonchev–Trinajstić information content (AvgIpc) is 2.98. The van der Waals surface area contributed by atoms with Crippen molar-refractivity contribution in [2.45, 2.75) is 11.4 Å². The van der Waals surface area contributed by atoms with Gasteiger partial charge in [0, 0.05) is 10.6 Å². The van der Waals surface area contributed by atoms with Crippen LogP contribution in [-0.4, -0.2) is 46.9 Å². The Labute approximate surface area is 131 Å². The molecule has 0 bridgehead atoms. The lowest BCUT2D eigenvalue weighted by Gasteiger charge is -2.00. The van der Waals surface area contributed by atoms with Gasteiger partial charge in [-0.05, 0) is 12.1 Å². The van der Waals surface area contributed by atoms with Crippen LogP contribution in [0.5, 0.6) is 0 Å². The highest BCUT2D eigenvalue weighted by molar-refractivity contribution is 7.99. The molecule has 7 nitrogen and oxygen atoms in total. The first-order valence-electron chi connectivity index (χ1n) is 6.45. The topological polar surface area (TPSA) is 83.3 Å².